The Morgan fingerprint density at radius 2 is 2.04 bits per heavy atom. The molecule has 2 amide bonds. The van der Waals surface area contributed by atoms with Gasteiger partial charge in [0.1, 0.15) is 0 Å². The Bertz CT molecular complexity index is 669. The van der Waals surface area contributed by atoms with Gasteiger partial charge >= 0.3 is 6.03 Å². The summed E-state index contributed by atoms with van der Waals surface area (Å²) in [7, 11) is 0. The van der Waals surface area contributed by atoms with E-state index in [9.17, 15) is 4.79 Å². The molecule has 1 aliphatic rings. The number of urea groups is 1. The van der Waals surface area contributed by atoms with E-state index in [0.717, 1.165) is 29.5 Å². The van der Waals surface area contributed by atoms with Gasteiger partial charge in [-0.05, 0) is 37.8 Å². The van der Waals surface area contributed by atoms with Gasteiger partial charge in [0.25, 0.3) is 0 Å². The Hall–Kier alpha value is -2.15. The van der Waals surface area contributed by atoms with Crippen LogP contribution in [0.1, 0.15) is 25.3 Å². The fourth-order valence-corrected chi connectivity index (χ4v) is 3.43. The average molecular weight is 331 g/mol. The van der Waals surface area contributed by atoms with Crippen molar-refractivity contribution in [1.82, 2.24) is 10.2 Å². The molecule has 1 atom stereocenters. The van der Waals surface area contributed by atoms with E-state index in [-0.39, 0.29) is 6.03 Å². The summed E-state index contributed by atoms with van der Waals surface area (Å²) in [5.74, 6) is 0.675. The van der Waals surface area contributed by atoms with Crippen LogP contribution in [-0.4, -0.2) is 29.3 Å². The molecule has 0 saturated carbocycles. The minimum Gasteiger partial charge on any atom is -0.346 e. The summed E-state index contributed by atoms with van der Waals surface area (Å²) in [5.41, 5.74) is 1.91. The van der Waals surface area contributed by atoms with Crippen molar-refractivity contribution in [3.8, 4) is 0 Å². The van der Waals surface area contributed by atoms with E-state index in [1.807, 2.05) is 31.2 Å². The van der Waals surface area contributed by atoms with Crippen LogP contribution in [0, 0.1) is 12.8 Å². The van der Waals surface area contributed by atoms with Crippen LogP contribution in [-0.2, 0) is 0 Å². The highest BCUT2D eigenvalue weighted by atomic mass is 32.1. The number of aromatic nitrogens is 2. The smallest absolute Gasteiger partial charge is 0.325 e. The molecule has 0 spiro atoms. The van der Waals surface area contributed by atoms with Gasteiger partial charge in [-0.3, -0.25) is 5.32 Å². The van der Waals surface area contributed by atoms with E-state index in [4.69, 9.17) is 0 Å². The van der Waals surface area contributed by atoms with Gasteiger partial charge in [0.2, 0.25) is 10.3 Å². The quantitative estimate of drug-likeness (QED) is 0.899. The third-order valence-electron chi connectivity index (χ3n) is 3.87. The van der Waals surface area contributed by atoms with E-state index in [2.05, 4.69) is 32.7 Å². The van der Waals surface area contributed by atoms with Crippen molar-refractivity contribution in [3.63, 3.8) is 0 Å². The zero-order valence-corrected chi connectivity index (χ0v) is 14.2. The summed E-state index contributed by atoms with van der Waals surface area (Å²) in [4.78, 5) is 14.3. The van der Waals surface area contributed by atoms with Crippen molar-refractivity contribution >= 4 is 33.3 Å². The minimum absolute atomic E-state index is 0.302. The molecular weight excluding hydrogens is 310 g/mol. The third kappa shape index (κ3) is 4.19. The summed E-state index contributed by atoms with van der Waals surface area (Å²) in [6.07, 6.45) is 2.44. The predicted octanol–water partition coefficient (Wildman–Crippen LogP) is 3.73. The second kappa shape index (κ2) is 6.95. The van der Waals surface area contributed by atoms with E-state index < -0.39 is 0 Å². The van der Waals surface area contributed by atoms with Crippen LogP contribution in [0.4, 0.5) is 20.7 Å². The van der Waals surface area contributed by atoms with Crippen molar-refractivity contribution in [2.75, 3.05) is 28.6 Å². The topological polar surface area (TPSA) is 70.1 Å². The first kappa shape index (κ1) is 15.7. The molecule has 1 unspecified atom stereocenters. The Morgan fingerprint density at radius 1 is 1.26 bits per heavy atom. The normalized spacial score (nSPS) is 17.8. The molecule has 1 saturated heterocycles. The maximum absolute atomic E-state index is 12.0. The second-order valence-electron chi connectivity index (χ2n) is 6.03. The molecule has 1 aliphatic heterocycles. The van der Waals surface area contributed by atoms with Gasteiger partial charge in [-0.1, -0.05) is 36.0 Å². The van der Waals surface area contributed by atoms with E-state index in [0.29, 0.717) is 11.0 Å². The first-order chi connectivity index (χ1) is 11.1. The molecule has 1 aromatic heterocycles. The number of hydrogen-bond acceptors (Lipinski definition) is 5. The Morgan fingerprint density at radius 3 is 2.78 bits per heavy atom. The molecule has 2 heterocycles. The predicted molar refractivity (Wildman–Crippen MR) is 94.3 cm³/mol. The number of nitrogens with one attached hydrogen (secondary N) is 2. The number of piperidine rings is 1. The zero-order valence-electron chi connectivity index (χ0n) is 13.4. The second-order valence-corrected chi connectivity index (χ2v) is 6.98. The van der Waals surface area contributed by atoms with Crippen molar-refractivity contribution in [3.05, 3.63) is 29.8 Å². The maximum atomic E-state index is 12.0. The zero-order chi connectivity index (χ0) is 16.2. The summed E-state index contributed by atoms with van der Waals surface area (Å²) < 4.78 is 0. The van der Waals surface area contributed by atoms with Gasteiger partial charge < -0.3 is 10.2 Å². The SMILES string of the molecule is Cc1ccc(NC(=O)Nc2nnc(N3CCCC(C)C3)s2)cc1. The fraction of sp³-hybridized carbons (Fsp3) is 0.438. The molecule has 23 heavy (non-hydrogen) atoms. The average Bonchev–Trinajstić information content (AvgIpc) is 2.98. The molecule has 6 nitrogen and oxygen atoms in total. The molecule has 0 radical (unpaired) electrons. The molecule has 0 aliphatic carbocycles. The molecule has 0 bridgehead atoms. The number of hydrogen-bond donors (Lipinski definition) is 2. The summed E-state index contributed by atoms with van der Waals surface area (Å²) in [6, 6.07) is 7.35. The number of rotatable bonds is 3. The molecular formula is C16H21N5OS. The van der Waals surface area contributed by atoms with Crippen LogP contribution in [0.2, 0.25) is 0 Å². The lowest BCUT2D eigenvalue weighted by Crippen LogP contribution is -2.34. The van der Waals surface area contributed by atoms with Gasteiger partial charge in [0.05, 0.1) is 0 Å². The van der Waals surface area contributed by atoms with E-state index in [1.54, 1.807) is 0 Å². The molecule has 1 fully saturated rings. The van der Waals surface area contributed by atoms with Crippen molar-refractivity contribution < 1.29 is 4.79 Å². The summed E-state index contributed by atoms with van der Waals surface area (Å²) in [6.45, 7) is 6.27. The number of benzene rings is 1. The molecule has 1 aromatic carbocycles. The van der Waals surface area contributed by atoms with Gasteiger partial charge in [-0.2, -0.15) is 0 Å². The van der Waals surface area contributed by atoms with Crippen LogP contribution in [0.5, 0.6) is 0 Å². The molecule has 122 valence electrons. The monoisotopic (exact) mass is 331 g/mol. The van der Waals surface area contributed by atoms with Crippen LogP contribution in [0.3, 0.4) is 0 Å². The van der Waals surface area contributed by atoms with Crippen LogP contribution >= 0.6 is 11.3 Å². The number of carbonyl (C=O) groups is 1. The maximum Gasteiger partial charge on any atom is 0.325 e. The third-order valence-corrected chi connectivity index (χ3v) is 4.77. The van der Waals surface area contributed by atoms with E-state index >= 15 is 0 Å². The summed E-state index contributed by atoms with van der Waals surface area (Å²) >= 11 is 1.41. The molecule has 2 aromatic rings. The highest BCUT2D eigenvalue weighted by Crippen LogP contribution is 2.28. The standard InChI is InChI=1S/C16H21N5OS/c1-11-5-7-13(8-6-11)17-14(22)18-15-19-20-16(23-15)21-9-3-4-12(2)10-21/h5-8,12H,3-4,9-10H2,1-2H3,(H2,17,18,19,22). The first-order valence-electron chi connectivity index (χ1n) is 7.83. The molecule has 7 heteroatoms. The van der Waals surface area contributed by atoms with Crippen molar-refractivity contribution in [2.24, 2.45) is 5.92 Å². The largest absolute Gasteiger partial charge is 0.346 e. The lowest BCUT2D eigenvalue weighted by atomic mass is 10.0. The van der Waals surface area contributed by atoms with E-state index in [1.165, 1.54) is 24.2 Å². The van der Waals surface area contributed by atoms with Crippen LogP contribution in [0.15, 0.2) is 24.3 Å². The van der Waals surface area contributed by atoms with Crippen molar-refractivity contribution in [2.45, 2.75) is 26.7 Å². The lowest BCUT2D eigenvalue weighted by Gasteiger charge is -2.29. The number of nitrogens with zero attached hydrogens (tertiary/aromatic N) is 3. The van der Waals surface area contributed by atoms with Crippen LogP contribution < -0.4 is 15.5 Å². The Balaban J connectivity index is 1.57. The fourth-order valence-electron chi connectivity index (χ4n) is 2.65. The van der Waals surface area contributed by atoms with Gasteiger partial charge in [0.15, 0.2) is 0 Å². The molecule has 3 rings (SSSR count). The Labute approximate surface area is 139 Å². The number of carbonyl (C=O) groups excluding carboxylic acids is 1. The first-order valence-corrected chi connectivity index (χ1v) is 8.65. The summed E-state index contributed by atoms with van der Waals surface area (Å²) in [5, 5.41) is 15.2. The lowest BCUT2D eigenvalue weighted by molar-refractivity contribution is 0.262. The van der Waals surface area contributed by atoms with Gasteiger partial charge in [-0.25, -0.2) is 4.79 Å². The Kier molecular flexibility index (Phi) is 4.76. The van der Waals surface area contributed by atoms with Gasteiger partial charge in [-0.15, -0.1) is 10.2 Å². The number of aryl methyl sites for hydroxylation is 1. The van der Waals surface area contributed by atoms with Gasteiger partial charge in [0, 0.05) is 18.8 Å². The highest BCUT2D eigenvalue weighted by molar-refractivity contribution is 7.19. The minimum atomic E-state index is -0.302. The number of amides is 2. The number of anilines is 3. The highest BCUT2D eigenvalue weighted by Gasteiger charge is 2.20. The van der Waals surface area contributed by atoms with Crippen molar-refractivity contribution in [1.29, 1.82) is 0 Å². The molecule has 2 N–H and O–H groups in total. The van der Waals surface area contributed by atoms with Crippen LogP contribution in [0.25, 0.3) is 0 Å².